The molecule has 32 heavy (non-hydrogen) atoms. The van der Waals surface area contributed by atoms with Crippen LogP contribution in [0.3, 0.4) is 0 Å². The van der Waals surface area contributed by atoms with Crippen molar-refractivity contribution >= 4 is 5.97 Å². The summed E-state index contributed by atoms with van der Waals surface area (Å²) >= 11 is 0. The number of hydrogen-bond acceptors (Lipinski definition) is 5. The van der Waals surface area contributed by atoms with E-state index in [1.54, 1.807) is 0 Å². The molecule has 4 saturated carbocycles. The molecule has 4 aliphatic carbocycles. The third kappa shape index (κ3) is 3.48. The molecule has 1 spiro atoms. The van der Waals surface area contributed by atoms with Gasteiger partial charge in [-0.05, 0) is 91.3 Å². The Morgan fingerprint density at radius 1 is 1.06 bits per heavy atom. The predicted octanol–water partition coefficient (Wildman–Crippen LogP) is 4.95. The summed E-state index contributed by atoms with van der Waals surface area (Å²) in [6, 6.07) is 0. The van der Waals surface area contributed by atoms with Crippen molar-refractivity contribution in [3.63, 3.8) is 0 Å². The molecule has 1 saturated heterocycles. The SMILES string of the molecule is COC(=O)CC[C@@H](C)[C@H]1CC[C@H]2[C@@H]3[C@H](O)C[C@@H]4CC5(CC[C@]4(C)[C@H]3CC[C@]12C)OCCO5. The molecule has 5 nitrogen and oxygen atoms in total. The molecular weight excluding hydrogens is 404 g/mol. The first-order valence-corrected chi connectivity index (χ1v) is 13.3. The number of aliphatic hydroxyl groups excluding tert-OH is 1. The fraction of sp³-hybridized carbons (Fsp3) is 0.963. The Labute approximate surface area is 193 Å². The van der Waals surface area contributed by atoms with Crippen molar-refractivity contribution in [2.75, 3.05) is 20.3 Å². The number of carbonyl (C=O) groups excluding carboxylic acids is 1. The van der Waals surface area contributed by atoms with Crippen LogP contribution in [0.1, 0.15) is 85.0 Å². The maximum atomic E-state index is 11.7. The third-order valence-electron chi connectivity index (χ3n) is 11.3. The number of carbonyl (C=O) groups is 1. The van der Waals surface area contributed by atoms with E-state index in [1.807, 2.05) is 0 Å². The van der Waals surface area contributed by atoms with Gasteiger partial charge in [-0.1, -0.05) is 20.8 Å². The highest BCUT2D eigenvalue weighted by Gasteiger charge is 2.64. The van der Waals surface area contributed by atoms with Gasteiger partial charge in [0.2, 0.25) is 0 Å². The summed E-state index contributed by atoms with van der Waals surface area (Å²) in [6.07, 6.45) is 10.2. The number of aliphatic hydroxyl groups is 1. The second kappa shape index (κ2) is 8.23. The number of ether oxygens (including phenoxy) is 3. The summed E-state index contributed by atoms with van der Waals surface area (Å²) in [5.74, 6) is 2.84. The van der Waals surface area contributed by atoms with Gasteiger partial charge in [-0.25, -0.2) is 0 Å². The lowest BCUT2D eigenvalue weighted by atomic mass is 9.43. The molecule has 0 amide bonds. The van der Waals surface area contributed by atoms with E-state index in [0.717, 1.165) is 32.1 Å². The largest absolute Gasteiger partial charge is 0.469 e. The molecule has 0 bridgehead atoms. The van der Waals surface area contributed by atoms with Crippen LogP contribution >= 0.6 is 0 Å². The third-order valence-corrected chi connectivity index (χ3v) is 11.3. The zero-order valence-electron chi connectivity index (χ0n) is 20.6. The molecular formula is C27H44O5. The van der Waals surface area contributed by atoms with Crippen LogP contribution in [-0.4, -0.2) is 43.3 Å². The second-order valence-corrected chi connectivity index (χ2v) is 12.4. The van der Waals surface area contributed by atoms with E-state index in [-0.39, 0.29) is 23.3 Å². The van der Waals surface area contributed by atoms with Crippen LogP contribution in [0, 0.1) is 46.3 Å². The van der Waals surface area contributed by atoms with Gasteiger partial charge in [-0.3, -0.25) is 4.79 Å². The van der Waals surface area contributed by atoms with Crippen molar-refractivity contribution in [2.45, 2.75) is 96.9 Å². The number of fused-ring (bicyclic) bond motifs is 5. The van der Waals surface area contributed by atoms with E-state index in [2.05, 4.69) is 20.8 Å². The molecule has 1 aliphatic heterocycles. The van der Waals surface area contributed by atoms with Crippen LogP contribution in [-0.2, 0) is 19.0 Å². The van der Waals surface area contributed by atoms with Crippen molar-refractivity contribution in [1.82, 2.24) is 0 Å². The summed E-state index contributed by atoms with van der Waals surface area (Å²) in [4.78, 5) is 11.7. The lowest BCUT2D eigenvalue weighted by Gasteiger charge is -2.63. The Bertz CT molecular complexity index is 717. The summed E-state index contributed by atoms with van der Waals surface area (Å²) in [5, 5.41) is 11.5. The van der Waals surface area contributed by atoms with E-state index >= 15 is 0 Å². The molecule has 1 N–H and O–H groups in total. The van der Waals surface area contributed by atoms with Gasteiger partial charge >= 0.3 is 5.97 Å². The van der Waals surface area contributed by atoms with Gasteiger partial charge in [-0.15, -0.1) is 0 Å². The summed E-state index contributed by atoms with van der Waals surface area (Å²) in [6.45, 7) is 8.81. The lowest BCUT2D eigenvalue weighted by Crippen LogP contribution is -2.60. The van der Waals surface area contributed by atoms with Crippen molar-refractivity contribution in [3.8, 4) is 0 Å². The minimum Gasteiger partial charge on any atom is -0.469 e. The fourth-order valence-corrected chi connectivity index (χ4v) is 9.55. The predicted molar refractivity (Wildman–Crippen MR) is 122 cm³/mol. The van der Waals surface area contributed by atoms with Crippen molar-refractivity contribution in [3.05, 3.63) is 0 Å². The van der Waals surface area contributed by atoms with E-state index < -0.39 is 0 Å². The normalized spacial score (nSPS) is 48.0. The van der Waals surface area contributed by atoms with E-state index in [1.165, 1.54) is 32.8 Å². The van der Waals surface area contributed by atoms with Crippen molar-refractivity contribution in [2.24, 2.45) is 46.3 Å². The van der Waals surface area contributed by atoms with Crippen molar-refractivity contribution < 1.29 is 24.1 Å². The molecule has 0 radical (unpaired) electrons. The average molecular weight is 449 g/mol. The van der Waals surface area contributed by atoms with E-state index in [4.69, 9.17) is 14.2 Å². The van der Waals surface area contributed by atoms with Gasteiger partial charge in [-0.2, -0.15) is 0 Å². The maximum absolute atomic E-state index is 11.7. The first-order valence-electron chi connectivity index (χ1n) is 13.3. The number of hydrogen-bond donors (Lipinski definition) is 1. The summed E-state index contributed by atoms with van der Waals surface area (Å²) in [7, 11) is 1.48. The quantitative estimate of drug-likeness (QED) is 0.617. The molecule has 5 aliphatic rings. The first kappa shape index (κ1) is 23.1. The van der Waals surface area contributed by atoms with Gasteiger partial charge in [0.25, 0.3) is 0 Å². The Morgan fingerprint density at radius 2 is 1.78 bits per heavy atom. The molecule has 0 unspecified atom stereocenters. The van der Waals surface area contributed by atoms with Gasteiger partial charge < -0.3 is 19.3 Å². The number of esters is 1. The zero-order valence-corrected chi connectivity index (χ0v) is 20.6. The Morgan fingerprint density at radius 3 is 2.50 bits per heavy atom. The molecule has 0 aromatic rings. The van der Waals surface area contributed by atoms with Crippen LogP contribution in [0.5, 0.6) is 0 Å². The number of methoxy groups -OCH3 is 1. The van der Waals surface area contributed by atoms with Gasteiger partial charge in [0.05, 0.1) is 26.4 Å². The summed E-state index contributed by atoms with van der Waals surface area (Å²) in [5.41, 5.74) is 0.578. The molecule has 5 fully saturated rings. The van der Waals surface area contributed by atoms with Crippen molar-refractivity contribution in [1.29, 1.82) is 0 Å². The second-order valence-electron chi connectivity index (χ2n) is 12.4. The molecule has 9 atom stereocenters. The minimum atomic E-state index is -0.368. The molecule has 5 rings (SSSR count). The van der Waals surface area contributed by atoms with Crippen LogP contribution in [0.25, 0.3) is 0 Å². The highest BCUT2D eigenvalue weighted by molar-refractivity contribution is 5.69. The van der Waals surface area contributed by atoms with Gasteiger partial charge in [0, 0.05) is 19.3 Å². The molecule has 182 valence electrons. The highest BCUT2D eigenvalue weighted by atomic mass is 16.7. The number of rotatable bonds is 4. The fourth-order valence-electron chi connectivity index (χ4n) is 9.55. The average Bonchev–Trinajstić information content (AvgIpc) is 3.37. The Balaban J connectivity index is 1.33. The highest BCUT2D eigenvalue weighted by Crippen LogP contribution is 2.69. The van der Waals surface area contributed by atoms with Crippen LogP contribution in [0.15, 0.2) is 0 Å². The smallest absolute Gasteiger partial charge is 0.305 e. The van der Waals surface area contributed by atoms with Gasteiger partial charge in [0.15, 0.2) is 5.79 Å². The molecule has 5 heteroatoms. The molecule has 0 aromatic heterocycles. The van der Waals surface area contributed by atoms with Gasteiger partial charge in [0.1, 0.15) is 0 Å². The molecule has 0 aromatic carbocycles. The Hall–Kier alpha value is -0.650. The Kier molecular flexibility index (Phi) is 5.95. The molecule has 1 heterocycles. The van der Waals surface area contributed by atoms with E-state index in [9.17, 15) is 9.90 Å². The first-order chi connectivity index (χ1) is 15.2. The minimum absolute atomic E-state index is 0.0905. The van der Waals surface area contributed by atoms with E-state index in [0.29, 0.717) is 60.6 Å². The monoisotopic (exact) mass is 448 g/mol. The lowest BCUT2D eigenvalue weighted by molar-refractivity contribution is -0.243. The maximum Gasteiger partial charge on any atom is 0.305 e. The zero-order chi connectivity index (χ0) is 22.7. The van der Waals surface area contributed by atoms with Crippen LogP contribution in [0.4, 0.5) is 0 Å². The summed E-state index contributed by atoms with van der Waals surface area (Å²) < 4.78 is 17.1. The van der Waals surface area contributed by atoms with Crippen LogP contribution in [0.2, 0.25) is 0 Å². The van der Waals surface area contributed by atoms with Crippen LogP contribution < -0.4 is 0 Å². The standard InChI is InChI=1S/C27H44O5/c1-17(5-8-23(29)30-4)19-6-7-20-24-21(9-10-26(19,20)3)25(2)11-12-27(31-13-14-32-27)16-18(25)15-22(24)28/h17-22,24,28H,5-16H2,1-4H3/t17-,18-,19-,20+,21+,22-,24+,25+,26-/m1/s1. The topological polar surface area (TPSA) is 65.0 Å².